The maximum Gasteiger partial charge on any atom is 0.265 e. The molecule has 2 heterocycles. The lowest BCUT2D eigenvalue weighted by Gasteiger charge is -2.21. The molecular formula is C26H23N3O2. The first-order valence-corrected chi connectivity index (χ1v) is 10.4. The van der Waals surface area contributed by atoms with E-state index < -0.39 is 5.91 Å². The molecule has 0 aliphatic heterocycles. The van der Waals surface area contributed by atoms with E-state index in [-0.39, 0.29) is 5.56 Å². The Balaban J connectivity index is 1.67. The smallest absolute Gasteiger partial charge is 0.265 e. The lowest BCUT2D eigenvalue weighted by Crippen LogP contribution is -2.20. The summed E-state index contributed by atoms with van der Waals surface area (Å²) in [6.07, 6.45) is 1.59. The molecule has 4 aromatic rings. The molecule has 0 unspecified atom stereocenters. The number of aromatic nitrogens is 2. The van der Waals surface area contributed by atoms with Gasteiger partial charge in [0.15, 0.2) is 0 Å². The van der Waals surface area contributed by atoms with Gasteiger partial charge >= 0.3 is 0 Å². The summed E-state index contributed by atoms with van der Waals surface area (Å²) >= 11 is 0. The summed E-state index contributed by atoms with van der Waals surface area (Å²) in [5.41, 5.74) is 13.6. The average Bonchev–Trinajstić information content (AvgIpc) is 3.14. The van der Waals surface area contributed by atoms with Gasteiger partial charge in [-0.25, -0.2) is 0 Å². The number of carbonyl (C=O) groups is 1. The molecule has 1 aliphatic carbocycles. The van der Waals surface area contributed by atoms with Gasteiger partial charge in [-0.05, 0) is 54.2 Å². The second-order valence-electron chi connectivity index (χ2n) is 8.12. The number of pyridine rings is 1. The Kier molecular flexibility index (Phi) is 4.59. The van der Waals surface area contributed by atoms with Crippen molar-refractivity contribution in [2.45, 2.75) is 26.3 Å². The largest absolute Gasteiger partial charge is 0.364 e. The number of nitrogens with zero attached hydrogens (tertiary/aromatic N) is 1. The summed E-state index contributed by atoms with van der Waals surface area (Å²) in [5, 5.41) is 0. The quantitative estimate of drug-likeness (QED) is 0.533. The van der Waals surface area contributed by atoms with E-state index in [9.17, 15) is 9.59 Å². The molecule has 3 N–H and O–H groups in total. The third-order valence-corrected chi connectivity index (χ3v) is 6.00. The molecule has 0 bridgehead atoms. The van der Waals surface area contributed by atoms with Crippen molar-refractivity contribution in [1.82, 2.24) is 9.55 Å². The highest BCUT2D eigenvalue weighted by Crippen LogP contribution is 2.35. The topological polar surface area (TPSA) is 80.9 Å². The van der Waals surface area contributed by atoms with E-state index in [1.807, 2.05) is 54.0 Å². The summed E-state index contributed by atoms with van der Waals surface area (Å²) in [6, 6.07) is 21.7. The van der Waals surface area contributed by atoms with Crippen LogP contribution >= 0.6 is 0 Å². The highest BCUT2D eigenvalue weighted by molar-refractivity contribution is 5.93. The first-order valence-electron chi connectivity index (χ1n) is 10.4. The van der Waals surface area contributed by atoms with Gasteiger partial charge in [-0.3, -0.25) is 9.59 Å². The minimum atomic E-state index is -0.466. The molecule has 0 atom stereocenters. The number of fused-ring (bicyclic) bond motifs is 3. The highest BCUT2D eigenvalue weighted by Gasteiger charge is 2.26. The third kappa shape index (κ3) is 3.38. The predicted molar refractivity (Wildman–Crippen MR) is 122 cm³/mol. The van der Waals surface area contributed by atoms with Crippen LogP contribution in [0.15, 0.2) is 71.5 Å². The number of amides is 1. The fourth-order valence-electron chi connectivity index (χ4n) is 4.42. The molecule has 5 rings (SSSR count). The molecule has 0 saturated carbocycles. The van der Waals surface area contributed by atoms with Crippen molar-refractivity contribution in [3.8, 4) is 22.5 Å². The second kappa shape index (κ2) is 7.43. The number of primary amides is 1. The molecule has 31 heavy (non-hydrogen) atoms. The van der Waals surface area contributed by atoms with Crippen LogP contribution in [0.4, 0.5) is 0 Å². The fraction of sp³-hybridized carbons (Fsp3) is 0.154. The van der Waals surface area contributed by atoms with Crippen LogP contribution in [0.25, 0.3) is 22.5 Å². The molecule has 2 aromatic heterocycles. The number of hydrogen-bond donors (Lipinski definition) is 2. The normalized spacial score (nSPS) is 12.3. The number of carbonyl (C=O) groups excluding carboxylic acids is 1. The Morgan fingerprint density at radius 3 is 2.42 bits per heavy atom. The van der Waals surface area contributed by atoms with E-state index in [0.29, 0.717) is 17.8 Å². The minimum absolute atomic E-state index is 0.137. The molecule has 154 valence electrons. The highest BCUT2D eigenvalue weighted by atomic mass is 16.1. The predicted octanol–water partition coefficient (Wildman–Crippen LogP) is 4.06. The number of rotatable bonds is 4. The van der Waals surface area contributed by atoms with Crippen LogP contribution in [-0.2, 0) is 19.4 Å². The number of aryl methyl sites for hydroxylation is 3. The van der Waals surface area contributed by atoms with Gasteiger partial charge in [0.05, 0.1) is 11.4 Å². The van der Waals surface area contributed by atoms with Crippen molar-refractivity contribution in [3.05, 3.63) is 105 Å². The zero-order valence-corrected chi connectivity index (χ0v) is 17.3. The monoisotopic (exact) mass is 409 g/mol. The Bertz CT molecular complexity index is 1350. The minimum Gasteiger partial charge on any atom is -0.364 e. The van der Waals surface area contributed by atoms with E-state index in [1.165, 1.54) is 5.56 Å². The Morgan fingerprint density at radius 1 is 1.00 bits per heavy atom. The summed E-state index contributed by atoms with van der Waals surface area (Å²) in [5.74, 6) is -0.466. The summed E-state index contributed by atoms with van der Waals surface area (Å²) in [7, 11) is 0. The molecular weight excluding hydrogens is 386 g/mol. The van der Waals surface area contributed by atoms with Crippen molar-refractivity contribution in [1.29, 1.82) is 0 Å². The average molecular weight is 409 g/mol. The standard InChI is InChI=1S/C26H23N3O2/c1-16-7-9-17(10-8-16)15-29-22(25(27)30)14-20-12-11-19-13-21(18-5-3-2-4-6-18)26(31)28-23(19)24(20)29/h2-10,13-14H,11-12,15H2,1H3,(H2,27,30)(H,28,31). The maximum atomic E-state index is 13.0. The van der Waals surface area contributed by atoms with Crippen molar-refractivity contribution in [2.24, 2.45) is 5.73 Å². The van der Waals surface area contributed by atoms with Crippen molar-refractivity contribution < 1.29 is 4.79 Å². The molecule has 0 saturated heterocycles. The lowest BCUT2D eigenvalue weighted by molar-refractivity contribution is 0.0992. The first kappa shape index (κ1) is 19.1. The zero-order valence-electron chi connectivity index (χ0n) is 17.3. The van der Waals surface area contributed by atoms with Crippen molar-refractivity contribution in [3.63, 3.8) is 0 Å². The Labute approximate surface area is 180 Å². The van der Waals surface area contributed by atoms with Gasteiger partial charge in [0.1, 0.15) is 5.69 Å². The molecule has 0 radical (unpaired) electrons. The van der Waals surface area contributed by atoms with Gasteiger partial charge in [-0.15, -0.1) is 0 Å². The number of benzene rings is 2. The van der Waals surface area contributed by atoms with Gasteiger partial charge in [-0.1, -0.05) is 60.2 Å². The second-order valence-corrected chi connectivity index (χ2v) is 8.12. The number of nitrogens with two attached hydrogens (primary N) is 1. The van der Waals surface area contributed by atoms with E-state index >= 15 is 0 Å². The molecule has 1 amide bonds. The first-order chi connectivity index (χ1) is 15.0. The molecule has 0 fully saturated rings. The van der Waals surface area contributed by atoms with E-state index in [4.69, 9.17) is 5.73 Å². The third-order valence-electron chi connectivity index (χ3n) is 6.00. The number of aromatic amines is 1. The Morgan fingerprint density at radius 2 is 1.71 bits per heavy atom. The molecule has 5 nitrogen and oxygen atoms in total. The Hall–Kier alpha value is -3.86. The maximum absolute atomic E-state index is 13.0. The zero-order chi connectivity index (χ0) is 21.5. The van der Waals surface area contributed by atoms with E-state index in [2.05, 4.69) is 29.2 Å². The van der Waals surface area contributed by atoms with Crippen LogP contribution in [0, 0.1) is 6.92 Å². The van der Waals surface area contributed by atoms with Gasteiger partial charge in [0, 0.05) is 12.1 Å². The van der Waals surface area contributed by atoms with Crippen LogP contribution in [0.3, 0.4) is 0 Å². The van der Waals surface area contributed by atoms with Crippen LogP contribution < -0.4 is 11.3 Å². The van der Waals surface area contributed by atoms with E-state index in [0.717, 1.165) is 46.5 Å². The van der Waals surface area contributed by atoms with Crippen LogP contribution in [-0.4, -0.2) is 15.5 Å². The summed E-state index contributed by atoms with van der Waals surface area (Å²) in [4.78, 5) is 28.3. The molecule has 0 spiro atoms. The van der Waals surface area contributed by atoms with Crippen molar-refractivity contribution >= 4 is 5.91 Å². The molecule has 5 heteroatoms. The van der Waals surface area contributed by atoms with E-state index in [1.54, 1.807) is 0 Å². The molecule has 1 aliphatic rings. The van der Waals surface area contributed by atoms with Gasteiger partial charge in [0.25, 0.3) is 11.5 Å². The summed E-state index contributed by atoms with van der Waals surface area (Å²) < 4.78 is 1.94. The fourth-order valence-corrected chi connectivity index (χ4v) is 4.42. The van der Waals surface area contributed by atoms with Crippen LogP contribution in [0.5, 0.6) is 0 Å². The SMILES string of the molecule is Cc1ccc(Cn2c(C(N)=O)cc3c2-c2[nH]c(=O)c(-c4ccccc4)cc2CC3)cc1. The van der Waals surface area contributed by atoms with Gasteiger partial charge in [0.2, 0.25) is 0 Å². The lowest BCUT2D eigenvalue weighted by atomic mass is 9.92. The van der Waals surface area contributed by atoms with Crippen molar-refractivity contribution in [2.75, 3.05) is 0 Å². The van der Waals surface area contributed by atoms with Gasteiger partial charge in [-0.2, -0.15) is 0 Å². The van der Waals surface area contributed by atoms with Gasteiger partial charge < -0.3 is 15.3 Å². The molecule has 2 aromatic carbocycles. The summed E-state index contributed by atoms with van der Waals surface area (Å²) in [6.45, 7) is 2.55. The van der Waals surface area contributed by atoms with Crippen LogP contribution in [0.2, 0.25) is 0 Å². The number of H-pyrrole nitrogens is 1. The van der Waals surface area contributed by atoms with Crippen LogP contribution in [0.1, 0.15) is 32.7 Å². The number of nitrogens with one attached hydrogen (secondary N) is 1. The number of hydrogen-bond acceptors (Lipinski definition) is 2.